The van der Waals surface area contributed by atoms with Gasteiger partial charge in [-0.2, -0.15) is 0 Å². The van der Waals surface area contributed by atoms with Crippen molar-refractivity contribution < 1.29 is 9.30 Å². The number of aryl methyl sites for hydroxylation is 1. The van der Waals surface area contributed by atoms with E-state index in [4.69, 9.17) is 27.8 Å². The third-order valence-corrected chi connectivity index (χ3v) is 10.1. The number of nitrogens with two attached hydrogens (primary N) is 2. The van der Waals surface area contributed by atoms with E-state index in [9.17, 15) is 4.57 Å². The molecule has 2 atom stereocenters. The molecule has 0 saturated carbocycles. The first-order chi connectivity index (χ1) is 15.0. The maximum Gasteiger partial charge on any atom is 0.158 e. The molecule has 0 unspecified atom stereocenters. The third-order valence-electron chi connectivity index (χ3n) is 6.71. The highest BCUT2D eigenvalue weighted by Gasteiger charge is 2.47. The first-order valence-corrected chi connectivity index (χ1v) is 14.6. The smallest absolute Gasteiger partial charge is 0.158 e. The fourth-order valence-corrected chi connectivity index (χ4v) is 8.08. The zero-order chi connectivity index (χ0) is 23.3. The molecule has 0 aliphatic carbocycles. The van der Waals surface area contributed by atoms with Crippen LogP contribution in [0.5, 0.6) is 0 Å². The van der Waals surface area contributed by atoms with Gasteiger partial charge in [0.25, 0.3) is 0 Å². The molecule has 1 spiro atoms. The topological polar surface area (TPSA) is 107 Å². The second kappa shape index (κ2) is 8.80. The number of aromatic nitrogens is 2. The Morgan fingerprint density at radius 2 is 2.00 bits per heavy atom. The minimum atomic E-state index is -2.52. The highest BCUT2D eigenvalue weighted by Crippen LogP contribution is 2.44. The Hall–Kier alpha value is -1.31. The predicted molar refractivity (Wildman–Crippen MR) is 133 cm³/mol. The van der Waals surface area contributed by atoms with E-state index in [0.29, 0.717) is 21.2 Å². The summed E-state index contributed by atoms with van der Waals surface area (Å²) in [7, 11) is -2.52. The summed E-state index contributed by atoms with van der Waals surface area (Å²) in [4.78, 5) is 12.2. The molecule has 1 aromatic heterocycles. The highest BCUT2D eigenvalue weighted by atomic mass is 35.5. The molecule has 3 heterocycles. The van der Waals surface area contributed by atoms with Crippen molar-refractivity contribution in [1.29, 1.82) is 0 Å². The van der Waals surface area contributed by atoms with Crippen molar-refractivity contribution in [3.8, 4) is 0 Å². The van der Waals surface area contributed by atoms with Gasteiger partial charge in [-0.1, -0.05) is 29.4 Å². The Labute approximate surface area is 199 Å². The van der Waals surface area contributed by atoms with Crippen molar-refractivity contribution in [2.24, 2.45) is 11.1 Å². The van der Waals surface area contributed by atoms with Crippen LogP contribution >= 0.6 is 30.5 Å². The molecular formula is C22H31ClN5O2PS. The number of piperidine rings is 1. The predicted octanol–water partition coefficient (Wildman–Crippen LogP) is 3.75. The van der Waals surface area contributed by atoms with Crippen LogP contribution in [0.3, 0.4) is 0 Å². The van der Waals surface area contributed by atoms with Crippen LogP contribution in [0.25, 0.3) is 0 Å². The summed E-state index contributed by atoms with van der Waals surface area (Å²) in [6.45, 7) is 9.86. The Morgan fingerprint density at radius 1 is 1.31 bits per heavy atom. The number of nitrogens with zero attached hydrogens (tertiary/aromatic N) is 3. The van der Waals surface area contributed by atoms with Gasteiger partial charge in [-0.3, -0.25) is 0 Å². The summed E-state index contributed by atoms with van der Waals surface area (Å²) in [5.41, 5.74) is 13.7. The van der Waals surface area contributed by atoms with Crippen LogP contribution in [0.2, 0.25) is 5.02 Å². The van der Waals surface area contributed by atoms with E-state index in [0.717, 1.165) is 48.8 Å². The SMILES string of the molecule is Cc1ccc(Sc2ncc(N3CCC4(CC3)CO[C@@H](C)[C@H]4N)nc2N)c(Cl)c1P(C)(C)=O. The van der Waals surface area contributed by atoms with Crippen LogP contribution in [0.4, 0.5) is 11.6 Å². The largest absolute Gasteiger partial charge is 0.381 e. The van der Waals surface area contributed by atoms with E-state index in [1.807, 2.05) is 19.1 Å². The van der Waals surface area contributed by atoms with Crippen LogP contribution in [-0.2, 0) is 9.30 Å². The zero-order valence-electron chi connectivity index (χ0n) is 19.0. The lowest BCUT2D eigenvalue weighted by molar-refractivity contribution is 0.0974. The average Bonchev–Trinajstić information content (AvgIpc) is 2.99. The van der Waals surface area contributed by atoms with E-state index in [-0.39, 0.29) is 17.6 Å². The monoisotopic (exact) mass is 495 g/mol. The molecule has 0 bridgehead atoms. The van der Waals surface area contributed by atoms with Gasteiger partial charge in [0.05, 0.1) is 23.9 Å². The molecule has 2 saturated heterocycles. The van der Waals surface area contributed by atoms with Crippen molar-refractivity contribution in [3.05, 3.63) is 28.9 Å². The first-order valence-electron chi connectivity index (χ1n) is 10.8. The van der Waals surface area contributed by atoms with Gasteiger partial charge in [0.15, 0.2) is 5.82 Å². The lowest BCUT2D eigenvalue weighted by Crippen LogP contribution is -2.50. The van der Waals surface area contributed by atoms with Gasteiger partial charge in [0.2, 0.25) is 0 Å². The third kappa shape index (κ3) is 4.40. The van der Waals surface area contributed by atoms with E-state index in [1.54, 1.807) is 19.5 Å². The van der Waals surface area contributed by atoms with Crippen LogP contribution < -0.4 is 21.7 Å². The lowest BCUT2D eigenvalue weighted by atomic mass is 9.73. The highest BCUT2D eigenvalue weighted by molar-refractivity contribution is 7.99. The summed E-state index contributed by atoms with van der Waals surface area (Å²) in [6, 6.07) is 3.92. The molecule has 0 radical (unpaired) electrons. The van der Waals surface area contributed by atoms with Crippen LogP contribution in [0.15, 0.2) is 28.3 Å². The fourth-order valence-electron chi connectivity index (χ4n) is 4.75. The summed E-state index contributed by atoms with van der Waals surface area (Å²) >= 11 is 7.97. The Bertz CT molecular complexity index is 1070. The summed E-state index contributed by atoms with van der Waals surface area (Å²) < 4.78 is 18.5. The lowest BCUT2D eigenvalue weighted by Gasteiger charge is -2.41. The zero-order valence-corrected chi connectivity index (χ0v) is 21.4. The fraction of sp³-hybridized carbons (Fsp3) is 0.545. The minimum absolute atomic E-state index is 0.0581. The van der Waals surface area contributed by atoms with E-state index in [1.165, 1.54) is 11.8 Å². The van der Waals surface area contributed by atoms with Crippen LogP contribution in [-0.4, -0.2) is 55.1 Å². The van der Waals surface area contributed by atoms with Crippen molar-refractivity contribution in [2.45, 2.75) is 48.8 Å². The number of halogens is 1. The molecule has 4 N–H and O–H groups in total. The molecule has 10 heteroatoms. The van der Waals surface area contributed by atoms with Gasteiger partial charge < -0.3 is 25.7 Å². The minimum Gasteiger partial charge on any atom is -0.381 e. The number of hydrogen-bond donors (Lipinski definition) is 2. The van der Waals surface area contributed by atoms with E-state index < -0.39 is 7.14 Å². The van der Waals surface area contributed by atoms with Crippen molar-refractivity contribution in [3.63, 3.8) is 0 Å². The van der Waals surface area contributed by atoms with Gasteiger partial charge >= 0.3 is 0 Å². The molecular weight excluding hydrogens is 465 g/mol. The second-order valence-electron chi connectivity index (χ2n) is 9.31. The molecule has 1 aromatic carbocycles. The van der Waals surface area contributed by atoms with Gasteiger partial charge in [0.1, 0.15) is 18.0 Å². The van der Waals surface area contributed by atoms with E-state index >= 15 is 0 Å². The van der Waals surface area contributed by atoms with Crippen molar-refractivity contribution in [1.82, 2.24) is 9.97 Å². The van der Waals surface area contributed by atoms with Gasteiger partial charge in [0, 0.05) is 34.7 Å². The maximum atomic E-state index is 12.7. The standard InChI is InChI=1S/C22H31ClN5O2PS/c1-13-5-6-15(17(23)18(13)31(3,4)29)32-21-20(25)27-16(11-26-21)28-9-7-22(8-10-28)12-30-14(2)19(22)24/h5-6,11,14,19H,7-10,12,24H2,1-4H3,(H2,25,27)/t14-,19+/m0/s1. The molecule has 2 aliphatic rings. The van der Waals surface area contributed by atoms with Gasteiger partial charge in [-0.15, -0.1) is 0 Å². The molecule has 32 heavy (non-hydrogen) atoms. The Balaban J connectivity index is 1.50. The average molecular weight is 496 g/mol. The van der Waals surface area contributed by atoms with Gasteiger partial charge in [-0.05, 0) is 51.6 Å². The van der Waals surface area contributed by atoms with Crippen LogP contribution in [0.1, 0.15) is 25.3 Å². The van der Waals surface area contributed by atoms with Crippen molar-refractivity contribution in [2.75, 3.05) is 43.7 Å². The summed E-state index contributed by atoms with van der Waals surface area (Å²) in [6.07, 6.45) is 3.80. The quantitative estimate of drug-likeness (QED) is 0.617. The number of rotatable bonds is 4. The number of ether oxygens (including phenoxy) is 1. The summed E-state index contributed by atoms with van der Waals surface area (Å²) in [5, 5.41) is 1.79. The molecule has 2 aliphatic heterocycles. The molecule has 2 aromatic rings. The van der Waals surface area contributed by atoms with Crippen molar-refractivity contribution >= 4 is 47.4 Å². The number of hydrogen-bond acceptors (Lipinski definition) is 8. The first kappa shape index (κ1) is 23.8. The summed E-state index contributed by atoms with van der Waals surface area (Å²) in [5.74, 6) is 1.13. The molecule has 2 fully saturated rings. The molecule has 7 nitrogen and oxygen atoms in total. The van der Waals surface area contributed by atoms with Crippen LogP contribution in [0, 0.1) is 12.3 Å². The molecule has 4 rings (SSSR count). The second-order valence-corrected chi connectivity index (χ2v) is 13.9. The number of anilines is 2. The van der Waals surface area contributed by atoms with E-state index in [2.05, 4.69) is 21.8 Å². The Kier molecular flexibility index (Phi) is 6.56. The molecule has 174 valence electrons. The maximum absolute atomic E-state index is 12.7. The van der Waals surface area contributed by atoms with Gasteiger partial charge in [-0.25, -0.2) is 9.97 Å². The normalized spacial score (nSPS) is 23.1. The molecule has 0 amide bonds. The Morgan fingerprint density at radius 3 is 2.56 bits per heavy atom. The number of benzene rings is 1. The number of nitrogen functional groups attached to an aromatic ring is 1.